The van der Waals surface area contributed by atoms with Crippen LogP contribution >= 0.6 is 11.3 Å². The van der Waals surface area contributed by atoms with E-state index in [1.165, 1.54) is 34.6 Å². The van der Waals surface area contributed by atoms with Crippen molar-refractivity contribution in [1.29, 1.82) is 0 Å². The van der Waals surface area contributed by atoms with Gasteiger partial charge in [0.1, 0.15) is 0 Å². The van der Waals surface area contributed by atoms with Crippen LogP contribution in [-0.4, -0.2) is 30.1 Å². The van der Waals surface area contributed by atoms with Crippen molar-refractivity contribution >= 4 is 29.0 Å². The predicted molar refractivity (Wildman–Crippen MR) is 131 cm³/mol. The summed E-state index contributed by atoms with van der Waals surface area (Å²) in [5.41, 5.74) is 5.31. The normalized spacial score (nSPS) is 17.1. The molecule has 1 aliphatic carbocycles. The van der Waals surface area contributed by atoms with E-state index in [0.29, 0.717) is 24.4 Å². The van der Waals surface area contributed by atoms with Gasteiger partial charge in [0.15, 0.2) is 0 Å². The molecule has 0 saturated heterocycles. The summed E-state index contributed by atoms with van der Waals surface area (Å²) < 4.78 is 5.04. The summed E-state index contributed by atoms with van der Waals surface area (Å²) in [5, 5.41) is 3.04. The number of anilines is 1. The van der Waals surface area contributed by atoms with Crippen molar-refractivity contribution in [3.8, 4) is 0 Å². The van der Waals surface area contributed by atoms with Gasteiger partial charge < -0.3 is 15.0 Å². The third kappa shape index (κ3) is 4.27. The Morgan fingerprint density at radius 1 is 1.00 bits per heavy atom. The maximum atomic E-state index is 13.5. The number of nitrogens with zero attached hydrogens (tertiary/aromatic N) is 1. The van der Waals surface area contributed by atoms with Crippen molar-refractivity contribution in [1.82, 2.24) is 4.90 Å². The molecular weight excluding hydrogens is 432 g/mol. The van der Waals surface area contributed by atoms with Crippen LogP contribution in [-0.2, 0) is 24.0 Å². The number of rotatable bonds is 4. The van der Waals surface area contributed by atoms with Crippen molar-refractivity contribution < 1.29 is 14.3 Å². The van der Waals surface area contributed by atoms with E-state index in [0.717, 1.165) is 18.4 Å². The Hall–Kier alpha value is -3.12. The molecule has 5 rings (SSSR count). The van der Waals surface area contributed by atoms with Gasteiger partial charge >= 0.3 is 12.0 Å². The SMILES string of the molecule is CCOC(=O)c1ccc(NC(=O)N2CCc3c(sc4c3CCCC4)[C@@H]2c2ccccc2)cc1. The van der Waals surface area contributed by atoms with Crippen LogP contribution in [0.25, 0.3) is 0 Å². The number of fused-ring (bicyclic) bond motifs is 3. The number of thiophene rings is 1. The average molecular weight is 461 g/mol. The maximum absolute atomic E-state index is 13.5. The molecule has 1 atom stereocenters. The lowest BCUT2D eigenvalue weighted by Gasteiger charge is -2.36. The van der Waals surface area contributed by atoms with Crippen LogP contribution in [0.4, 0.5) is 10.5 Å². The molecule has 0 radical (unpaired) electrons. The van der Waals surface area contributed by atoms with E-state index < -0.39 is 0 Å². The van der Waals surface area contributed by atoms with E-state index in [1.54, 1.807) is 36.8 Å². The summed E-state index contributed by atoms with van der Waals surface area (Å²) in [6, 6.07) is 17.0. The molecule has 6 heteroatoms. The molecule has 170 valence electrons. The second-order valence-corrected chi connectivity index (χ2v) is 9.68. The lowest BCUT2D eigenvalue weighted by atomic mass is 9.88. The number of nitrogens with one attached hydrogen (secondary N) is 1. The first-order chi connectivity index (χ1) is 16.2. The number of aryl methyl sites for hydroxylation is 1. The average Bonchev–Trinajstić information content (AvgIpc) is 3.23. The minimum Gasteiger partial charge on any atom is -0.462 e. The molecule has 2 aliphatic rings. The fraction of sp³-hybridized carbons (Fsp3) is 0.333. The summed E-state index contributed by atoms with van der Waals surface area (Å²) in [6.45, 7) is 2.80. The fourth-order valence-corrected chi connectivity index (χ4v) is 6.52. The first kappa shape index (κ1) is 21.7. The second kappa shape index (κ2) is 9.40. The minimum atomic E-state index is -0.357. The van der Waals surface area contributed by atoms with Crippen LogP contribution in [0, 0.1) is 0 Å². The molecular formula is C27H28N2O3S. The monoisotopic (exact) mass is 460 g/mol. The van der Waals surface area contributed by atoms with Crippen LogP contribution in [0.5, 0.6) is 0 Å². The Bertz CT molecular complexity index is 1150. The Balaban J connectivity index is 1.42. The first-order valence-electron chi connectivity index (χ1n) is 11.7. The highest BCUT2D eigenvalue weighted by molar-refractivity contribution is 7.12. The summed E-state index contributed by atoms with van der Waals surface area (Å²) in [6.07, 6.45) is 5.75. The molecule has 0 fully saturated rings. The zero-order valence-electron chi connectivity index (χ0n) is 18.8. The molecule has 3 aromatic rings. The van der Waals surface area contributed by atoms with E-state index in [4.69, 9.17) is 4.74 Å². The first-order valence-corrected chi connectivity index (χ1v) is 12.5. The maximum Gasteiger partial charge on any atom is 0.338 e. The largest absolute Gasteiger partial charge is 0.462 e. The van der Waals surface area contributed by atoms with Gasteiger partial charge in [0.05, 0.1) is 18.2 Å². The number of ether oxygens (including phenoxy) is 1. The molecule has 5 nitrogen and oxygen atoms in total. The van der Waals surface area contributed by atoms with Crippen molar-refractivity contribution in [3.63, 3.8) is 0 Å². The van der Waals surface area contributed by atoms with Crippen LogP contribution in [0.1, 0.15) is 62.6 Å². The topological polar surface area (TPSA) is 58.6 Å². The third-order valence-corrected chi connectivity index (χ3v) is 7.88. The highest BCUT2D eigenvalue weighted by Gasteiger charge is 2.36. The summed E-state index contributed by atoms with van der Waals surface area (Å²) in [7, 11) is 0. The predicted octanol–water partition coefficient (Wildman–Crippen LogP) is 5.98. The zero-order valence-corrected chi connectivity index (χ0v) is 19.6. The molecule has 2 heterocycles. The van der Waals surface area contributed by atoms with Crippen molar-refractivity contribution in [2.75, 3.05) is 18.5 Å². The number of benzene rings is 2. The van der Waals surface area contributed by atoms with Gasteiger partial charge in [-0.3, -0.25) is 0 Å². The van der Waals surface area contributed by atoms with Crippen molar-refractivity contribution in [2.24, 2.45) is 0 Å². The third-order valence-electron chi connectivity index (χ3n) is 6.50. The van der Waals surface area contributed by atoms with Gasteiger partial charge in [0, 0.05) is 22.0 Å². The molecule has 1 aliphatic heterocycles. The lowest BCUT2D eigenvalue weighted by molar-refractivity contribution is 0.0526. The number of hydrogen-bond donors (Lipinski definition) is 1. The number of amides is 2. The standard InChI is InChI=1S/C27H28N2O3S/c1-2-32-26(30)19-12-14-20(15-13-19)28-27(31)29-17-16-22-21-10-6-7-11-23(21)33-25(22)24(29)18-8-4-3-5-9-18/h3-5,8-9,12-15,24H,2,6-7,10-11,16-17H2,1H3,(H,28,31)/t24-/m0/s1. The van der Waals surface area contributed by atoms with Gasteiger partial charge in [-0.25, -0.2) is 9.59 Å². The molecule has 0 saturated carbocycles. The molecule has 0 unspecified atom stereocenters. The number of hydrogen-bond acceptors (Lipinski definition) is 4. The molecule has 1 aromatic heterocycles. The van der Waals surface area contributed by atoms with Crippen LogP contribution in [0.15, 0.2) is 54.6 Å². The quantitative estimate of drug-likeness (QED) is 0.487. The van der Waals surface area contributed by atoms with Crippen molar-refractivity contribution in [3.05, 3.63) is 86.6 Å². The Kier molecular flexibility index (Phi) is 6.18. The van der Waals surface area contributed by atoms with Gasteiger partial charge in [0.2, 0.25) is 0 Å². The van der Waals surface area contributed by atoms with Gasteiger partial charge in [-0.15, -0.1) is 11.3 Å². The van der Waals surface area contributed by atoms with E-state index >= 15 is 0 Å². The van der Waals surface area contributed by atoms with Gasteiger partial charge in [0.25, 0.3) is 0 Å². The van der Waals surface area contributed by atoms with E-state index in [-0.39, 0.29) is 18.0 Å². The van der Waals surface area contributed by atoms with Crippen LogP contribution in [0.2, 0.25) is 0 Å². The number of urea groups is 1. The minimum absolute atomic E-state index is 0.0793. The number of esters is 1. The summed E-state index contributed by atoms with van der Waals surface area (Å²) in [4.78, 5) is 30.2. The van der Waals surface area contributed by atoms with Crippen LogP contribution < -0.4 is 5.32 Å². The smallest absolute Gasteiger partial charge is 0.338 e. The Morgan fingerprint density at radius 2 is 1.76 bits per heavy atom. The second-order valence-electron chi connectivity index (χ2n) is 8.54. The van der Waals surface area contributed by atoms with Crippen molar-refractivity contribution in [2.45, 2.75) is 45.1 Å². The van der Waals surface area contributed by atoms with E-state index in [2.05, 4.69) is 17.4 Å². The molecule has 2 aromatic carbocycles. The number of carbonyl (C=O) groups is 2. The van der Waals surface area contributed by atoms with Gasteiger partial charge in [-0.1, -0.05) is 30.3 Å². The van der Waals surface area contributed by atoms with Crippen LogP contribution in [0.3, 0.4) is 0 Å². The highest BCUT2D eigenvalue weighted by atomic mass is 32.1. The summed E-state index contributed by atoms with van der Waals surface area (Å²) in [5.74, 6) is -0.357. The fourth-order valence-electron chi connectivity index (χ4n) is 4.94. The highest BCUT2D eigenvalue weighted by Crippen LogP contribution is 2.45. The Labute approximate surface area is 198 Å². The van der Waals surface area contributed by atoms with Gasteiger partial charge in [-0.2, -0.15) is 0 Å². The molecule has 2 amide bonds. The lowest BCUT2D eigenvalue weighted by Crippen LogP contribution is -2.42. The Morgan fingerprint density at radius 3 is 2.52 bits per heavy atom. The molecule has 33 heavy (non-hydrogen) atoms. The number of carbonyl (C=O) groups excluding carboxylic acids is 2. The molecule has 1 N–H and O–H groups in total. The van der Waals surface area contributed by atoms with E-state index in [9.17, 15) is 9.59 Å². The summed E-state index contributed by atoms with van der Waals surface area (Å²) >= 11 is 1.90. The molecule has 0 spiro atoms. The van der Waals surface area contributed by atoms with E-state index in [1.807, 2.05) is 34.4 Å². The zero-order chi connectivity index (χ0) is 22.8. The molecule has 0 bridgehead atoms. The van der Waals surface area contributed by atoms with Gasteiger partial charge in [-0.05, 0) is 80.0 Å².